The first-order valence-electron chi connectivity index (χ1n) is 9.75. The molecule has 0 bridgehead atoms. The molecule has 0 aliphatic carbocycles. The van der Waals surface area contributed by atoms with E-state index in [4.69, 9.17) is 22.1 Å². The fourth-order valence-corrected chi connectivity index (χ4v) is 3.89. The van der Waals surface area contributed by atoms with Gasteiger partial charge in [0.2, 0.25) is 11.8 Å². The van der Waals surface area contributed by atoms with Gasteiger partial charge in [-0.15, -0.1) is 0 Å². The van der Waals surface area contributed by atoms with Gasteiger partial charge in [0.15, 0.2) is 0 Å². The van der Waals surface area contributed by atoms with Gasteiger partial charge in [-0.05, 0) is 48.9 Å². The minimum absolute atomic E-state index is 0.0746. The van der Waals surface area contributed by atoms with Crippen molar-refractivity contribution in [2.45, 2.75) is 19.3 Å². The van der Waals surface area contributed by atoms with Crippen LogP contribution in [0.4, 0.5) is 10.1 Å². The minimum Gasteiger partial charge on any atom is -0.457 e. The Labute approximate surface area is 184 Å². The van der Waals surface area contributed by atoms with Crippen LogP contribution in [0.25, 0.3) is 0 Å². The molecule has 31 heavy (non-hydrogen) atoms. The van der Waals surface area contributed by atoms with Crippen LogP contribution in [0, 0.1) is 12.7 Å². The Bertz CT molecular complexity index is 1180. The maximum atomic E-state index is 13.7. The number of amides is 2. The smallest absolute Gasteiger partial charge is 0.248 e. The average molecular weight is 439 g/mol. The van der Waals surface area contributed by atoms with E-state index >= 15 is 0 Å². The molecule has 2 amide bonds. The predicted molar refractivity (Wildman–Crippen MR) is 117 cm³/mol. The number of nitrogens with two attached hydrogens (primary N) is 1. The standard InChI is InChI=1S/C24H20ClFN2O3/c1-14-5-7-18(26)12-21(14)31-22-11-17(25)6-8-20(22)16-10-23(29)28(13-16)19-4-2-3-15(9-19)24(27)30/h2-9,11-12,16H,10,13H2,1H3,(H2,27,30)/t16-/m0/s1. The molecule has 1 heterocycles. The molecule has 1 aliphatic heterocycles. The summed E-state index contributed by atoms with van der Waals surface area (Å²) >= 11 is 6.19. The number of halogens is 2. The molecule has 158 valence electrons. The maximum absolute atomic E-state index is 13.7. The van der Waals surface area contributed by atoms with E-state index in [1.807, 2.05) is 13.0 Å². The van der Waals surface area contributed by atoms with Crippen LogP contribution < -0.4 is 15.4 Å². The number of anilines is 1. The Morgan fingerprint density at radius 3 is 2.71 bits per heavy atom. The number of aryl methyl sites for hydroxylation is 1. The molecule has 0 spiro atoms. The highest BCUT2D eigenvalue weighted by atomic mass is 35.5. The van der Waals surface area contributed by atoms with E-state index in [1.165, 1.54) is 12.1 Å². The number of ether oxygens (including phenoxy) is 1. The fraction of sp³-hybridized carbons (Fsp3) is 0.167. The van der Waals surface area contributed by atoms with Crippen molar-refractivity contribution >= 4 is 29.1 Å². The largest absolute Gasteiger partial charge is 0.457 e. The molecule has 0 radical (unpaired) electrons. The molecular formula is C24H20ClFN2O3. The normalized spacial score (nSPS) is 15.9. The molecule has 1 saturated heterocycles. The highest BCUT2D eigenvalue weighted by molar-refractivity contribution is 6.30. The molecule has 1 aliphatic rings. The second kappa shape index (κ2) is 8.40. The summed E-state index contributed by atoms with van der Waals surface area (Å²) in [4.78, 5) is 25.9. The van der Waals surface area contributed by atoms with Crippen LogP contribution >= 0.6 is 11.6 Å². The minimum atomic E-state index is -0.552. The Morgan fingerprint density at radius 1 is 1.13 bits per heavy atom. The highest BCUT2D eigenvalue weighted by Crippen LogP contribution is 2.40. The lowest BCUT2D eigenvalue weighted by atomic mass is 9.97. The fourth-order valence-electron chi connectivity index (χ4n) is 3.73. The van der Waals surface area contributed by atoms with Crippen molar-refractivity contribution in [2.24, 2.45) is 5.73 Å². The summed E-state index contributed by atoms with van der Waals surface area (Å²) in [6, 6.07) is 16.2. The summed E-state index contributed by atoms with van der Waals surface area (Å²) in [6.45, 7) is 2.23. The topological polar surface area (TPSA) is 72.6 Å². The molecule has 3 aromatic rings. The van der Waals surface area contributed by atoms with Crippen molar-refractivity contribution in [1.29, 1.82) is 0 Å². The van der Waals surface area contributed by atoms with Crippen LogP contribution in [0.15, 0.2) is 60.7 Å². The Balaban J connectivity index is 1.65. The summed E-state index contributed by atoms with van der Waals surface area (Å²) in [7, 11) is 0. The van der Waals surface area contributed by atoms with Gasteiger partial charge in [-0.25, -0.2) is 4.39 Å². The quantitative estimate of drug-likeness (QED) is 0.595. The van der Waals surface area contributed by atoms with Gasteiger partial charge in [0.1, 0.15) is 17.3 Å². The summed E-state index contributed by atoms with van der Waals surface area (Å²) in [5, 5.41) is 0.475. The number of hydrogen-bond acceptors (Lipinski definition) is 3. The van der Waals surface area contributed by atoms with Gasteiger partial charge in [-0.1, -0.05) is 29.8 Å². The zero-order valence-electron chi connectivity index (χ0n) is 16.8. The molecular weight excluding hydrogens is 419 g/mol. The number of carbonyl (C=O) groups excluding carboxylic acids is 2. The monoisotopic (exact) mass is 438 g/mol. The van der Waals surface area contributed by atoms with Gasteiger partial charge in [-0.2, -0.15) is 0 Å². The molecule has 0 unspecified atom stereocenters. The van der Waals surface area contributed by atoms with E-state index in [1.54, 1.807) is 47.4 Å². The van der Waals surface area contributed by atoms with Gasteiger partial charge in [0.05, 0.1) is 0 Å². The van der Waals surface area contributed by atoms with Crippen LogP contribution in [0.3, 0.4) is 0 Å². The van der Waals surface area contributed by atoms with Crippen molar-refractivity contribution in [2.75, 3.05) is 11.4 Å². The van der Waals surface area contributed by atoms with Crippen molar-refractivity contribution in [3.63, 3.8) is 0 Å². The molecule has 5 nitrogen and oxygen atoms in total. The van der Waals surface area contributed by atoms with E-state index in [0.717, 1.165) is 11.1 Å². The van der Waals surface area contributed by atoms with Crippen LogP contribution in [0.1, 0.15) is 33.8 Å². The first-order chi connectivity index (χ1) is 14.8. The second-order valence-electron chi connectivity index (χ2n) is 7.51. The number of hydrogen-bond donors (Lipinski definition) is 1. The number of rotatable bonds is 5. The van der Waals surface area contributed by atoms with E-state index in [0.29, 0.717) is 34.3 Å². The summed E-state index contributed by atoms with van der Waals surface area (Å²) < 4.78 is 19.7. The Morgan fingerprint density at radius 2 is 1.94 bits per heavy atom. The van der Waals surface area contributed by atoms with Crippen molar-refractivity contribution in [3.8, 4) is 11.5 Å². The van der Waals surface area contributed by atoms with Gasteiger partial charge in [0, 0.05) is 46.8 Å². The van der Waals surface area contributed by atoms with Crippen LogP contribution in [0.2, 0.25) is 5.02 Å². The molecule has 2 N–H and O–H groups in total. The van der Waals surface area contributed by atoms with Gasteiger partial charge in [-0.3, -0.25) is 9.59 Å². The zero-order chi connectivity index (χ0) is 22.1. The van der Waals surface area contributed by atoms with E-state index in [2.05, 4.69) is 0 Å². The zero-order valence-corrected chi connectivity index (χ0v) is 17.5. The summed E-state index contributed by atoms with van der Waals surface area (Å²) in [5.41, 5.74) is 7.90. The molecule has 3 aromatic carbocycles. The van der Waals surface area contributed by atoms with E-state index < -0.39 is 11.7 Å². The SMILES string of the molecule is Cc1ccc(F)cc1Oc1cc(Cl)ccc1[C@H]1CC(=O)N(c2cccc(C(N)=O)c2)C1. The van der Waals surface area contributed by atoms with Crippen molar-refractivity contribution < 1.29 is 18.7 Å². The third-order valence-electron chi connectivity index (χ3n) is 5.35. The van der Waals surface area contributed by atoms with Crippen LogP contribution in [-0.4, -0.2) is 18.4 Å². The predicted octanol–water partition coefficient (Wildman–Crippen LogP) is 5.20. The first-order valence-corrected chi connectivity index (χ1v) is 10.1. The van der Waals surface area contributed by atoms with E-state index in [-0.39, 0.29) is 18.2 Å². The highest BCUT2D eigenvalue weighted by Gasteiger charge is 2.33. The number of benzene rings is 3. The third-order valence-corrected chi connectivity index (χ3v) is 5.59. The molecule has 0 saturated carbocycles. The lowest BCUT2D eigenvalue weighted by Gasteiger charge is -2.19. The van der Waals surface area contributed by atoms with E-state index in [9.17, 15) is 14.0 Å². The number of primary amides is 1. The number of carbonyl (C=O) groups is 2. The summed E-state index contributed by atoms with van der Waals surface area (Å²) in [6.07, 6.45) is 0.265. The summed E-state index contributed by atoms with van der Waals surface area (Å²) in [5.74, 6) is -0.324. The number of nitrogens with zero attached hydrogens (tertiary/aromatic N) is 1. The first kappa shape index (κ1) is 20.9. The molecule has 1 atom stereocenters. The van der Waals surface area contributed by atoms with Crippen molar-refractivity contribution in [3.05, 3.63) is 88.2 Å². The van der Waals surface area contributed by atoms with Crippen molar-refractivity contribution in [1.82, 2.24) is 0 Å². The molecule has 0 aromatic heterocycles. The third kappa shape index (κ3) is 4.39. The van der Waals surface area contributed by atoms with Gasteiger partial charge >= 0.3 is 0 Å². The maximum Gasteiger partial charge on any atom is 0.248 e. The van der Waals surface area contributed by atoms with Crippen LogP contribution in [-0.2, 0) is 4.79 Å². The molecule has 7 heteroatoms. The lowest BCUT2D eigenvalue weighted by Crippen LogP contribution is -2.24. The lowest BCUT2D eigenvalue weighted by molar-refractivity contribution is -0.117. The second-order valence-corrected chi connectivity index (χ2v) is 7.95. The Kier molecular flexibility index (Phi) is 5.65. The molecule has 4 rings (SSSR count). The van der Waals surface area contributed by atoms with Gasteiger partial charge in [0.25, 0.3) is 0 Å². The Hall–Kier alpha value is -3.38. The average Bonchev–Trinajstić information content (AvgIpc) is 3.12. The van der Waals surface area contributed by atoms with Gasteiger partial charge < -0.3 is 15.4 Å². The van der Waals surface area contributed by atoms with Crippen LogP contribution in [0.5, 0.6) is 11.5 Å². The molecule has 1 fully saturated rings.